The number of carbonyl (C=O) groups is 1. The average Bonchev–Trinajstić information content (AvgIpc) is 3.53. The van der Waals surface area contributed by atoms with Crippen LogP contribution in [0.5, 0.6) is 11.5 Å². The third-order valence-corrected chi connectivity index (χ3v) is 5.33. The molecular weight excluding hydrogens is 386 g/mol. The number of methoxy groups -OCH3 is 2. The van der Waals surface area contributed by atoms with Crippen molar-refractivity contribution in [2.75, 3.05) is 20.8 Å². The van der Waals surface area contributed by atoms with E-state index in [2.05, 4.69) is 17.2 Å². The SMILES string of the molecule is CCCc1cc(C2CCCN2C(=O)c2cc(-c3ccc(OC)c(OC)c3)on2)no1. The number of benzene rings is 1. The second kappa shape index (κ2) is 8.61. The maximum absolute atomic E-state index is 13.1. The van der Waals surface area contributed by atoms with Crippen LogP contribution in [0.15, 0.2) is 39.4 Å². The van der Waals surface area contributed by atoms with Gasteiger partial charge in [0.2, 0.25) is 0 Å². The molecule has 0 bridgehead atoms. The van der Waals surface area contributed by atoms with Crippen LogP contribution in [-0.2, 0) is 6.42 Å². The molecule has 2 aromatic heterocycles. The summed E-state index contributed by atoms with van der Waals surface area (Å²) >= 11 is 0. The van der Waals surface area contributed by atoms with E-state index >= 15 is 0 Å². The number of carbonyl (C=O) groups excluding carboxylic acids is 1. The molecular formula is C22H25N3O5. The molecule has 3 aromatic rings. The van der Waals surface area contributed by atoms with E-state index in [1.807, 2.05) is 12.1 Å². The molecule has 8 heteroatoms. The minimum Gasteiger partial charge on any atom is -0.493 e. The predicted molar refractivity (Wildman–Crippen MR) is 109 cm³/mol. The summed E-state index contributed by atoms with van der Waals surface area (Å²) < 4.78 is 21.5. The first-order chi connectivity index (χ1) is 14.6. The average molecular weight is 411 g/mol. The molecule has 158 valence electrons. The zero-order valence-electron chi connectivity index (χ0n) is 17.4. The third kappa shape index (κ3) is 3.77. The monoisotopic (exact) mass is 411 g/mol. The molecule has 1 amide bonds. The largest absolute Gasteiger partial charge is 0.493 e. The molecule has 1 atom stereocenters. The van der Waals surface area contributed by atoms with E-state index in [4.69, 9.17) is 18.5 Å². The molecule has 0 spiro atoms. The van der Waals surface area contributed by atoms with E-state index < -0.39 is 0 Å². The van der Waals surface area contributed by atoms with Crippen molar-refractivity contribution in [2.45, 2.75) is 38.6 Å². The van der Waals surface area contributed by atoms with Crippen LogP contribution < -0.4 is 9.47 Å². The molecule has 0 saturated carbocycles. The van der Waals surface area contributed by atoms with Gasteiger partial charge < -0.3 is 23.4 Å². The second-order valence-electron chi connectivity index (χ2n) is 7.27. The highest BCUT2D eigenvalue weighted by Gasteiger charge is 2.34. The van der Waals surface area contributed by atoms with Crippen LogP contribution in [0, 0.1) is 0 Å². The van der Waals surface area contributed by atoms with Gasteiger partial charge in [0.1, 0.15) is 11.5 Å². The molecule has 0 N–H and O–H groups in total. The maximum atomic E-state index is 13.1. The highest BCUT2D eigenvalue weighted by molar-refractivity contribution is 5.93. The summed E-state index contributed by atoms with van der Waals surface area (Å²) in [7, 11) is 3.15. The van der Waals surface area contributed by atoms with Gasteiger partial charge in [-0.1, -0.05) is 17.2 Å². The Bertz CT molecular complexity index is 1030. The van der Waals surface area contributed by atoms with Crippen LogP contribution in [0.3, 0.4) is 0 Å². The van der Waals surface area contributed by atoms with Crippen molar-refractivity contribution >= 4 is 5.91 Å². The summed E-state index contributed by atoms with van der Waals surface area (Å²) in [4.78, 5) is 14.9. The van der Waals surface area contributed by atoms with Crippen molar-refractivity contribution in [3.8, 4) is 22.8 Å². The van der Waals surface area contributed by atoms with Gasteiger partial charge in [0.25, 0.3) is 5.91 Å². The summed E-state index contributed by atoms with van der Waals surface area (Å²) in [5, 5.41) is 8.21. The molecule has 1 aromatic carbocycles. The number of likely N-dealkylation sites (tertiary alicyclic amines) is 1. The number of hydrogen-bond donors (Lipinski definition) is 0. The normalized spacial score (nSPS) is 16.1. The molecule has 1 aliphatic heterocycles. The fourth-order valence-corrected chi connectivity index (χ4v) is 3.82. The van der Waals surface area contributed by atoms with Crippen LogP contribution in [-0.4, -0.2) is 41.9 Å². The Labute approximate surface area is 174 Å². The van der Waals surface area contributed by atoms with E-state index in [1.54, 1.807) is 37.3 Å². The molecule has 8 nitrogen and oxygen atoms in total. The smallest absolute Gasteiger partial charge is 0.276 e. The maximum Gasteiger partial charge on any atom is 0.276 e. The van der Waals surface area contributed by atoms with Gasteiger partial charge in [0, 0.05) is 30.7 Å². The van der Waals surface area contributed by atoms with E-state index in [-0.39, 0.29) is 17.6 Å². The van der Waals surface area contributed by atoms with E-state index in [9.17, 15) is 4.79 Å². The van der Waals surface area contributed by atoms with Gasteiger partial charge >= 0.3 is 0 Å². The first-order valence-corrected chi connectivity index (χ1v) is 10.1. The lowest BCUT2D eigenvalue weighted by Crippen LogP contribution is -2.30. The van der Waals surface area contributed by atoms with Gasteiger partial charge in [-0.05, 0) is 37.5 Å². The lowest BCUT2D eigenvalue weighted by Gasteiger charge is -2.21. The van der Waals surface area contributed by atoms with Gasteiger partial charge in [-0.25, -0.2) is 0 Å². The molecule has 0 aliphatic carbocycles. The minimum absolute atomic E-state index is 0.104. The Morgan fingerprint density at radius 2 is 1.97 bits per heavy atom. The van der Waals surface area contributed by atoms with Crippen LogP contribution in [0.2, 0.25) is 0 Å². The van der Waals surface area contributed by atoms with Crippen molar-refractivity contribution in [1.29, 1.82) is 0 Å². The first kappa shape index (κ1) is 20.0. The summed E-state index contributed by atoms with van der Waals surface area (Å²) in [6.45, 7) is 2.74. The topological polar surface area (TPSA) is 90.8 Å². The van der Waals surface area contributed by atoms with Gasteiger partial charge in [0.15, 0.2) is 23.0 Å². The van der Waals surface area contributed by atoms with Gasteiger partial charge in [-0.2, -0.15) is 0 Å². The number of rotatable bonds is 7. The van der Waals surface area contributed by atoms with E-state index in [0.717, 1.165) is 42.7 Å². The van der Waals surface area contributed by atoms with Crippen LogP contribution >= 0.6 is 0 Å². The van der Waals surface area contributed by atoms with Crippen molar-refractivity contribution < 1.29 is 23.3 Å². The van der Waals surface area contributed by atoms with Crippen molar-refractivity contribution in [2.24, 2.45) is 0 Å². The van der Waals surface area contributed by atoms with Crippen molar-refractivity contribution in [3.63, 3.8) is 0 Å². The zero-order chi connectivity index (χ0) is 21.1. The zero-order valence-corrected chi connectivity index (χ0v) is 17.4. The lowest BCUT2D eigenvalue weighted by atomic mass is 10.1. The van der Waals surface area contributed by atoms with E-state index in [1.165, 1.54) is 0 Å². The standard InChI is InChI=1S/C22H25N3O5/c1-4-6-15-12-16(23-29-15)18-7-5-10-25(18)22(26)17-13-20(30-24-17)14-8-9-19(27-2)21(11-14)28-3/h8-9,11-13,18H,4-7,10H2,1-3H3. The fraction of sp³-hybridized carbons (Fsp3) is 0.409. The van der Waals surface area contributed by atoms with Crippen LogP contribution in [0.1, 0.15) is 54.2 Å². The Morgan fingerprint density at radius 1 is 1.13 bits per heavy atom. The highest BCUT2D eigenvalue weighted by Crippen LogP contribution is 2.35. The summed E-state index contributed by atoms with van der Waals surface area (Å²) in [5.41, 5.74) is 1.81. The van der Waals surface area contributed by atoms with E-state index in [0.29, 0.717) is 23.8 Å². The number of amides is 1. The number of aromatic nitrogens is 2. The van der Waals surface area contributed by atoms with Crippen LogP contribution in [0.25, 0.3) is 11.3 Å². The fourth-order valence-electron chi connectivity index (χ4n) is 3.82. The molecule has 1 fully saturated rings. The Hall–Kier alpha value is -3.29. The number of aryl methyl sites for hydroxylation is 1. The molecule has 3 heterocycles. The number of nitrogens with zero attached hydrogens (tertiary/aromatic N) is 3. The summed E-state index contributed by atoms with van der Waals surface area (Å²) in [6, 6.07) is 8.92. The number of hydrogen-bond acceptors (Lipinski definition) is 7. The molecule has 1 saturated heterocycles. The quantitative estimate of drug-likeness (QED) is 0.573. The summed E-state index contributed by atoms with van der Waals surface area (Å²) in [6.07, 6.45) is 3.59. The molecule has 1 unspecified atom stereocenters. The Balaban J connectivity index is 1.54. The summed E-state index contributed by atoms with van der Waals surface area (Å²) in [5.74, 6) is 2.36. The van der Waals surface area contributed by atoms with Gasteiger partial charge in [0.05, 0.1) is 20.3 Å². The second-order valence-corrected chi connectivity index (χ2v) is 7.27. The first-order valence-electron chi connectivity index (χ1n) is 10.1. The van der Waals surface area contributed by atoms with Crippen LogP contribution in [0.4, 0.5) is 0 Å². The number of ether oxygens (including phenoxy) is 2. The molecule has 30 heavy (non-hydrogen) atoms. The van der Waals surface area contributed by atoms with Crippen molar-refractivity contribution in [1.82, 2.24) is 15.2 Å². The minimum atomic E-state index is -0.173. The Kier molecular flexibility index (Phi) is 5.74. The molecule has 0 radical (unpaired) electrons. The third-order valence-electron chi connectivity index (χ3n) is 5.33. The molecule has 4 rings (SSSR count). The molecule has 1 aliphatic rings. The Morgan fingerprint density at radius 3 is 2.73 bits per heavy atom. The van der Waals surface area contributed by atoms with Gasteiger partial charge in [-0.3, -0.25) is 4.79 Å². The van der Waals surface area contributed by atoms with Gasteiger partial charge in [-0.15, -0.1) is 0 Å². The predicted octanol–water partition coefficient (Wildman–Crippen LogP) is 4.28. The van der Waals surface area contributed by atoms with Crippen molar-refractivity contribution in [3.05, 3.63) is 47.5 Å². The lowest BCUT2D eigenvalue weighted by molar-refractivity contribution is 0.0720. The highest BCUT2D eigenvalue weighted by atomic mass is 16.5.